The molecule has 0 radical (unpaired) electrons. The molecule has 4 aliphatic rings. The molecule has 3 saturated heterocycles. The molecule has 252 valence electrons. The molecule has 9 nitrogen and oxygen atoms in total. The minimum atomic E-state index is -0.951. The summed E-state index contributed by atoms with van der Waals surface area (Å²) in [4.78, 5) is 13.6. The van der Waals surface area contributed by atoms with E-state index in [0.717, 1.165) is 30.7 Å². The average molecular weight is 699 g/mol. The molecule has 4 aromatic rings. The maximum absolute atomic E-state index is 17.2. The van der Waals surface area contributed by atoms with Gasteiger partial charge in [0.25, 0.3) is 0 Å². The van der Waals surface area contributed by atoms with E-state index in [-0.39, 0.29) is 84.6 Å². The molecule has 3 unspecified atom stereocenters. The first-order valence-electron chi connectivity index (χ1n) is 16.2. The van der Waals surface area contributed by atoms with E-state index in [0.29, 0.717) is 38.2 Å². The van der Waals surface area contributed by atoms with Gasteiger partial charge >= 0.3 is 6.01 Å². The van der Waals surface area contributed by atoms with Crippen molar-refractivity contribution < 1.29 is 27.8 Å². The van der Waals surface area contributed by atoms with Gasteiger partial charge in [0.1, 0.15) is 47.6 Å². The van der Waals surface area contributed by atoms with Crippen LogP contribution in [-0.4, -0.2) is 76.2 Å². The van der Waals surface area contributed by atoms with Crippen LogP contribution in [0.3, 0.4) is 0 Å². The van der Waals surface area contributed by atoms with Crippen LogP contribution in [-0.2, 0) is 0 Å². The Kier molecular flexibility index (Phi) is 7.41. The molecule has 14 heteroatoms. The number of benzene rings is 2. The van der Waals surface area contributed by atoms with E-state index in [1.54, 1.807) is 13.8 Å². The molecule has 8 rings (SSSR count). The Balaban J connectivity index is 1.32. The monoisotopic (exact) mass is 698 g/mol. The standard InChI is InChI=1S/C34H34ClF3N6O3S/c1-33(2,45)16-6-9-44-18(10-16)14-46-28-24-27(41-32(42-31(24)44)47-15-34-7-3-8-43(34)13-17(36)11-34)26(38)23(25(28)35)19-4-5-21(37)29-22(19)20(12-39)30(40)48-29/h4-5,16-18,45H,3,6-11,13-15,40H2,1-2H3/t16?,17-,18?,34?/m1/s1. The number of halogens is 4. The van der Waals surface area contributed by atoms with Gasteiger partial charge in [-0.25, -0.2) is 13.2 Å². The Hall–Kier alpha value is -3.57. The molecule has 2 aromatic heterocycles. The number of nitrogen functional groups attached to an aromatic ring is 1. The number of rotatable bonds is 5. The quantitative estimate of drug-likeness (QED) is 0.238. The Morgan fingerprint density at radius 2 is 2.08 bits per heavy atom. The van der Waals surface area contributed by atoms with E-state index in [2.05, 4.69) is 9.88 Å². The molecule has 2 aromatic carbocycles. The van der Waals surface area contributed by atoms with Crippen LogP contribution in [0, 0.1) is 28.9 Å². The lowest BCUT2D eigenvalue weighted by Crippen LogP contribution is -2.50. The SMILES string of the molecule is CC(C)(O)C1CCN2c3nc(OCC45CCCN4C[C@H](F)C5)nc4c(F)c(-c5ccc(F)c6sc(N)c(C#N)c56)c(Cl)c(c34)OCC2C1. The zero-order chi connectivity index (χ0) is 33.7. The van der Waals surface area contributed by atoms with Crippen LogP contribution in [0.15, 0.2) is 12.1 Å². The van der Waals surface area contributed by atoms with Gasteiger partial charge in [0.2, 0.25) is 0 Å². The molecule has 4 aliphatic heterocycles. The molecule has 3 N–H and O–H groups in total. The fourth-order valence-corrected chi connectivity index (χ4v) is 9.63. The number of fused-ring (bicyclic) bond motifs is 4. The first-order chi connectivity index (χ1) is 22.9. The zero-order valence-corrected chi connectivity index (χ0v) is 28.0. The number of hydrogen-bond acceptors (Lipinski definition) is 10. The number of nitriles is 1. The molecule has 0 bridgehead atoms. The number of anilines is 2. The van der Waals surface area contributed by atoms with E-state index >= 15 is 8.78 Å². The number of aromatic nitrogens is 2. The zero-order valence-electron chi connectivity index (χ0n) is 26.5. The van der Waals surface area contributed by atoms with E-state index in [9.17, 15) is 14.8 Å². The Labute approximate surface area is 284 Å². The van der Waals surface area contributed by atoms with Gasteiger partial charge in [0, 0.05) is 30.5 Å². The van der Waals surface area contributed by atoms with Gasteiger partial charge in [-0.1, -0.05) is 17.7 Å². The summed E-state index contributed by atoms with van der Waals surface area (Å²) in [5.74, 6) is -0.877. The van der Waals surface area contributed by atoms with Crippen LogP contribution in [0.25, 0.3) is 32.1 Å². The normalized spacial score (nSPS) is 25.5. The number of aliphatic hydroxyl groups is 1. The summed E-state index contributed by atoms with van der Waals surface area (Å²) in [7, 11) is 0. The van der Waals surface area contributed by atoms with Gasteiger partial charge in [-0.15, -0.1) is 11.3 Å². The molecule has 0 amide bonds. The smallest absolute Gasteiger partial charge is 0.319 e. The molecular formula is C34H34ClF3N6O3S. The second-order valence-electron chi connectivity index (χ2n) is 14.0. The fraction of sp³-hybridized carbons (Fsp3) is 0.500. The summed E-state index contributed by atoms with van der Waals surface area (Å²) in [6, 6.07) is 4.30. The highest BCUT2D eigenvalue weighted by Gasteiger charge is 2.49. The highest BCUT2D eigenvalue weighted by molar-refractivity contribution is 7.23. The van der Waals surface area contributed by atoms with E-state index in [1.807, 2.05) is 11.0 Å². The first-order valence-corrected chi connectivity index (χ1v) is 17.4. The third kappa shape index (κ3) is 4.78. The van der Waals surface area contributed by atoms with Gasteiger partial charge < -0.3 is 25.2 Å². The summed E-state index contributed by atoms with van der Waals surface area (Å²) >= 11 is 7.96. The molecule has 48 heavy (non-hydrogen) atoms. The predicted octanol–water partition coefficient (Wildman–Crippen LogP) is 6.60. The Morgan fingerprint density at radius 3 is 2.85 bits per heavy atom. The number of thiophene rings is 1. The van der Waals surface area contributed by atoms with Crippen LogP contribution in [0.4, 0.5) is 24.0 Å². The van der Waals surface area contributed by atoms with Gasteiger partial charge in [-0.2, -0.15) is 15.2 Å². The van der Waals surface area contributed by atoms with Gasteiger partial charge in [0.15, 0.2) is 11.6 Å². The number of ether oxygens (including phenoxy) is 2. The predicted molar refractivity (Wildman–Crippen MR) is 179 cm³/mol. The maximum atomic E-state index is 17.2. The second-order valence-corrected chi connectivity index (χ2v) is 15.5. The van der Waals surface area contributed by atoms with Crippen molar-refractivity contribution in [1.82, 2.24) is 14.9 Å². The minimum absolute atomic E-state index is 0.0243. The first kappa shape index (κ1) is 31.7. The van der Waals surface area contributed by atoms with Crippen LogP contribution >= 0.6 is 22.9 Å². The summed E-state index contributed by atoms with van der Waals surface area (Å²) < 4.78 is 59.5. The van der Waals surface area contributed by atoms with E-state index in [1.165, 1.54) is 12.1 Å². The van der Waals surface area contributed by atoms with Crippen LogP contribution < -0.4 is 20.1 Å². The molecule has 4 atom stereocenters. The van der Waals surface area contributed by atoms with Crippen molar-refractivity contribution in [2.24, 2.45) is 5.92 Å². The van der Waals surface area contributed by atoms with Crippen LogP contribution in [0.5, 0.6) is 11.8 Å². The summed E-state index contributed by atoms with van der Waals surface area (Å²) in [5, 5.41) is 21.3. The number of nitrogens with two attached hydrogens (primary N) is 1. The number of piperidine rings is 1. The topological polar surface area (TPSA) is 121 Å². The molecular weight excluding hydrogens is 665 g/mol. The molecule has 3 fully saturated rings. The second kappa shape index (κ2) is 11.2. The van der Waals surface area contributed by atoms with Crippen molar-refractivity contribution >= 4 is 54.7 Å². The van der Waals surface area contributed by atoms with Crippen LogP contribution in [0.1, 0.15) is 51.5 Å². The van der Waals surface area contributed by atoms with Gasteiger partial charge in [-0.05, 0) is 63.6 Å². The number of alkyl halides is 1. The van der Waals surface area contributed by atoms with Crippen molar-refractivity contribution in [3.8, 4) is 29.0 Å². The van der Waals surface area contributed by atoms with E-state index < -0.39 is 28.9 Å². The van der Waals surface area contributed by atoms with E-state index in [4.69, 9.17) is 31.8 Å². The lowest BCUT2D eigenvalue weighted by atomic mass is 9.80. The number of nitrogens with zero attached hydrogens (tertiary/aromatic N) is 5. The van der Waals surface area contributed by atoms with Crippen molar-refractivity contribution in [3.05, 3.63) is 34.4 Å². The lowest BCUT2D eigenvalue weighted by Gasteiger charge is -2.43. The van der Waals surface area contributed by atoms with Crippen molar-refractivity contribution in [3.63, 3.8) is 0 Å². The number of hydrogen-bond donors (Lipinski definition) is 2. The molecule has 0 aliphatic carbocycles. The van der Waals surface area contributed by atoms with Gasteiger partial charge in [-0.3, -0.25) is 4.90 Å². The molecule has 0 spiro atoms. The largest absolute Gasteiger partial charge is 0.489 e. The maximum Gasteiger partial charge on any atom is 0.319 e. The Bertz CT molecular complexity index is 2030. The summed E-state index contributed by atoms with van der Waals surface area (Å²) in [6.07, 6.45) is 2.34. The van der Waals surface area contributed by atoms with Crippen molar-refractivity contribution in [2.45, 2.75) is 69.3 Å². The highest BCUT2D eigenvalue weighted by Crippen LogP contribution is 2.52. The van der Waals surface area contributed by atoms with Crippen LogP contribution in [0.2, 0.25) is 5.02 Å². The lowest BCUT2D eigenvalue weighted by molar-refractivity contribution is -0.00184. The summed E-state index contributed by atoms with van der Waals surface area (Å²) in [5.41, 5.74) is 4.68. The average Bonchev–Trinajstić information content (AvgIpc) is 3.65. The fourth-order valence-electron chi connectivity index (χ4n) is 8.34. The third-order valence-electron chi connectivity index (χ3n) is 10.8. The molecule has 0 saturated carbocycles. The van der Waals surface area contributed by atoms with Crippen molar-refractivity contribution in [2.75, 3.05) is 43.5 Å². The van der Waals surface area contributed by atoms with Crippen molar-refractivity contribution in [1.29, 1.82) is 5.26 Å². The van der Waals surface area contributed by atoms with Gasteiger partial charge in [0.05, 0.1) is 37.9 Å². The third-order valence-corrected chi connectivity index (χ3v) is 12.2. The summed E-state index contributed by atoms with van der Waals surface area (Å²) in [6.45, 7) is 5.54. The molecule has 6 heterocycles. The Morgan fingerprint density at radius 1 is 1.27 bits per heavy atom. The highest BCUT2D eigenvalue weighted by atomic mass is 35.5. The minimum Gasteiger partial charge on any atom is -0.489 e.